The van der Waals surface area contributed by atoms with Crippen LogP contribution in [0.3, 0.4) is 0 Å². The molecule has 0 aromatic carbocycles. The largest absolute Gasteiger partial charge is 0.463 e. The molecule has 84 valence electrons. The summed E-state index contributed by atoms with van der Waals surface area (Å²) in [6.45, 7) is 0.732. The van der Waals surface area contributed by atoms with Gasteiger partial charge in [0.05, 0.1) is 7.11 Å². The van der Waals surface area contributed by atoms with Gasteiger partial charge in [-0.05, 0) is 6.92 Å². The second-order valence-electron chi connectivity index (χ2n) is 3.12. The van der Waals surface area contributed by atoms with Gasteiger partial charge >= 0.3 is 5.97 Å². The molecule has 0 unspecified atom stereocenters. The lowest BCUT2D eigenvalue weighted by Gasteiger charge is -2.10. The van der Waals surface area contributed by atoms with Crippen LogP contribution in [-0.4, -0.2) is 33.8 Å². The van der Waals surface area contributed by atoms with Crippen LogP contribution in [0.15, 0.2) is 6.33 Å². The summed E-state index contributed by atoms with van der Waals surface area (Å²) >= 11 is 0. The van der Waals surface area contributed by atoms with E-state index in [1.54, 1.807) is 0 Å². The Morgan fingerprint density at radius 3 is 2.87 bits per heavy atom. The van der Waals surface area contributed by atoms with Gasteiger partial charge in [0.25, 0.3) is 0 Å². The SMILES string of the molecule is COC(=O)c1ncnn1CCC(C)(F)F. The van der Waals surface area contributed by atoms with Crippen molar-refractivity contribution >= 4 is 5.97 Å². The molecule has 0 bridgehead atoms. The van der Waals surface area contributed by atoms with Gasteiger partial charge in [0, 0.05) is 13.0 Å². The second kappa shape index (κ2) is 4.33. The first-order valence-corrected chi connectivity index (χ1v) is 4.28. The van der Waals surface area contributed by atoms with Crippen molar-refractivity contribution in [1.82, 2.24) is 14.8 Å². The molecule has 1 heterocycles. The van der Waals surface area contributed by atoms with Crippen LogP contribution in [0.5, 0.6) is 0 Å². The number of esters is 1. The van der Waals surface area contributed by atoms with Crippen LogP contribution >= 0.6 is 0 Å². The number of rotatable bonds is 4. The van der Waals surface area contributed by atoms with E-state index in [0.717, 1.165) is 17.9 Å². The Bertz CT molecular complexity index is 346. The highest BCUT2D eigenvalue weighted by Crippen LogP contribution is 2.17. The maximum Gasteiger partial charge on any atom is 0.375 e. The molecule has 5 nitrogen and oxygen atoms in total. The van der Waals surface area contributed by atoms with Crippen molar-refractivity contribution in [2.75, 3.05) is 7.11 Å². The van der Waals surface area contributed by atoms with Gasteiger partial charge in [-0.3, -0.25) is 0 Å². The fourth-order valence-electron chi connectivity index (χ4n) is 0.979. The Balaban J connectivity index is 2.70. The summed E-state index contributed by atoms with van der Waals surface area (Å²) in [6.07, 6.45) is 0.723. The Labute approximate surface area is 85.1 Å². The number of carbonyl (C=O) groups excluding carboxylic acids is 1. The van der Waals surface area contributed by atoms with E-state index in [1.807, 2.05) is 0 Å². The summed E-state index contributed by atoms with van der Waals surface area (Å²) in [5, 5.41) is 3.66. The molecular formula is C8H11F2N3O2. The summed E-state index contributed by atoms with van der Waals surface area (Å²) in [5.74, 6) is -3.55. The number of alkyl halides is 2. The third-order valence-electron chi connectivity index (χ3n) is 1.75. The fraction of sp³-hybridized carbons (Fsp3) is 0.625. The number of halogens is 2. The third-order valence-corrected chi connectivity index (χ3v) is 1.75. The molecule has 0 saturated heterocycles. The average molecular weight is 219 g/mol. The predicted octanol–water partition coefficient (Wildman–Crippen LogP) is 1.11. The molecule has 0 spiro atoms. The fourth-order valence-corrected chi connectivity index (χ4v) is 0.979. The lowest BCUT2D eigenvalue weighted by molar-refractivity contribution is 0.00714. The van der Waals surface area contributed by atoms with Gasteiger partial charge in [0.15, 0.2) is 0 Å². The van der Waals surface area contributed by atoms with Crippen molar-refractivity contribution in [3.8, 4) is 0 Å². The first kappa shape index (κ1) is 11.5. The van der Waals surface area contributed by atoms with Crippen LogP contribution in [0.2, 0.25) is 0 Å². The van der Waals surface area contributed by atoms with Gasteiger partial charge in [-0.25, -0.2) is 23.2 Å². The summed E-state index contributed by atoms with van der Waals surface area (Å²) in [4.78, 5) is 14.7. The molecule has 0 aliphatic heterocycles. The minimum absolute atomic E-state index is 0.0678. The van der Waals surface area contributed by atoms with E-state index in [0.29, 0.717) is 0 Å². The van der Waals surface area contributed by atoms with Gasteiger partial charge in [0.1, 0.15) is 6.33 Å². The lowest BCUT2D eigenvalue weighted by Crippen LogP contribution is -2.18. The second-order valence-corrected chi connectivity index (χ2v) is 3.12. The van der Waals surface area contributed by atoms with Gasteiger partial charge in [0.2, 0.25) is 11.7 Å². The van der Waals surface area contributed by atoms with Gasteiger partial charge in [-0.15, -0.1) is 0 Å². The molecule has 0 saturated carbocycles. The van der Waals surface area contributed by atoms with E-state index in [1.165, 1.54) is 7.11 Å². The van der Waals surface area contributed by atoms with Crippen LogP contribution in [0.4, 0.5) is 8.78 Å². The number of hydrogen-bond acceptors (Lipinski definition) is 4. The molecular weight excluding hydrogens is 208 g/mol. The van der Waals surface area contributed by atoms with Crippen LogP contribution in [0.1, 0.15) is 24.0 Å². The van der Waals surface area contributed by atoms with Crippen molar-refractivity contribution in [3.05, 3.63) is 12.2 Å². The number of nitrogens with zero attached hydrogens (tertiary/aromatic N) is 3. The van der Waals surface area contributed by atoms with Crippen molar-refractivity contribution in [1.29, 1.82) is 0 Å². The summed E-state index contributed by atoms with van der Waals surface area (Å²) in [6, 6.07) is 0. The Hall–Kier alpha value is -1.53. The molecule has 7 heteroatoms. The van der Waals surface area contributed by atoms with Gasteiger partial charge < -0.3 is 4.74 Å². The zero-order valence-corrected chi connectivity index (χ0v) is 8.41. The maximum absolute atomic E-state index is 12.6. The van der Waals surface area contributed by atoms with E-state index >= 15 is 0 Å². The van der Waals surface area contributed by atoms with Crippen LogP contribution < -0.4 is 0 Å². The highest BCUT2D eigenvalue weighted by molar-refractivity contribution is 5.85. The highest BCUT2D eigenvalue weighted by Gasteiger charge is 2.23. The topological polar surface area (TPSA) is 57.0 Å². The molecule has 0 aliphatic carbocycles. The number of aryl methyl sites for hydroxylation is 1. The third kappa shape index (κ3) is 3.26. The quantitative estimate of drug-likeness (QED) is 0.712. The minimum Gasteiger partial charge on any atom is -0.463 e. The van der Waals surface area contributed by atoms with E-state index in [4.69, 9.17) is 0 Å². The molecule has 0 radical (unpaired) electrons. The zero-order valence-electron chi connectivity index (χ0n) is 8.41. The smallest absolute Gasteiger partial charge is 0.375 e. The Kier molecular flexibility index (Phi) is 3.33. The van der Waals surface area contributed by atoms with Crippen molar-refractivity contribution in [3.63, 3.8) is 0 Å². The number of methoxy groups -OCH3 is 1. The van der Waals surface area contributed by atoms with E-state index in [2.05, 4.69) is 14.8 Å². The number of ether oxygens (including phenoxy) is 1. The van der Waals surface area contributed by atoms with Crippen molar-refractivity contribution in [2.24, 2.45) is 0 Å². The monoisotopic (exact) mass is 219 g/mol. The van der Waals surface area contributed by atoms with Crippen LogP contribution in [0, 0.1) is 0 Å². The zero-order chi connectivity index (χ0) is 11.5. The van der Waals surface area contributed by atoms with E-state index in [-0.39, 0.29) is 12.4 Å². The number of carbonyl (C=O) groups is 1. The van der Waals surface area contributed by atoms with E-state index in [9.17, 15) is 13.6 Å². The first-order chi connectivity index (χ1) is 6.94. The summed E-state index contributed by atoms with van der Waals surface area (Å²) < 4.78 is 30.6. The van der Waals surface area contributed by atoms with Crippen LogP contribution in [-0.2, 0) is 11.3 Å². The lowest BCUT2D eigenvalue weighted by atomic mass is 10.3. The summed E-state index contributed by atoms with van der Waals surface area (Å²) in [5.41, 5.74) is 0. The minimum atomic E-state index is -2.79. The van der Waals surface area contributed by atoms with Gasteiger partial charge in [-0.2, -0.15) is 5.10 Å². The molecule has 0 N–H and O–H groups in total. The van der Waals surface area contributed by atoms with Crippen LogP contribution in [0.25, 0.3) is 0 Å². The van der Waals surface area contributed by atoms with Gasteiger partial charge in [-0.1, -0.05) is 0 Å². The number of aromatic nitrogens is 3. The highest BCUT2D eigenvalue weighted by atomic mass is 19.3. The molecule has 15 heavy (non-hydrogen) atoms. The summed E-state index contributed by atoms with van der Waals surface area (Å²) in [7, 11) is 1.19. The molecule has 0 aliphatic rings. The normalized spacial score (nSPS) is 11.5. The molecule has 1 rings (SSSR count). The van der Waals surface area contributed by atoms with Crippen molar-refractivity contribution in [2.45, 2.75) is 25.8 Å². The Morgan fingerprint density at radius 1 is 1.67 bits per heavy atom. The Morgan fingerprint density at radius 2 is 2.33 bits per heavy atom. The molecule has 1 aromatic heterocycles. The average Bonchev–Trinajstić information content (AvgIpc) is 2.60. The standard InChI is InChI=1S/C8H11F2N3O2/c1-8(9,10)3-4-13-6(7(14)15-2)11-5-12-13/h5H,3-4H2,1-2H3. The molecule has 0 atom stereocenters. The van der Waals surface area contributed by atoms with E-state index < -0.39 is 18.3 Å². The molecule has 0 amide bonds. The predicted molar refractivity (Wildman–Crippen MR) is 46.6 cm³/mol. The first-order valence-electron chi connectivity index (χ1n) is 4.28. The molecule has 1 aromatic rings. The molecule has 0 fully saturated rings. The number of hydrogen-bond donors (Lipinski definition) is 0. The van der Waals surface area contributed by atoms with Crippen molar-refractivity contribution < 1.29 is 18.3 Å². The maximum atomic E-state index is 12.6.